The maximum Gasteiger partial charge on any atom is 0.0678 e. The molecule has 0 amide bonds. The Kier molecular flexibility index (Phi) is 20.5. The van der Waals surface area contributed by atoms with Gasteiger partial charge >= 0.3 is 0 Å². The molecule has 0 fully saturated rings. The standard InChI is InChI=1S/C21H42ClO/c1-2-3-4-5-6-7-8-9-10-11-12-13-14-15-16-17-18-19-21(23)20-22/h18,21,23H,2-17,19-20H2,1H3. The van der Waals surface area contributed by atoms with E-state index in [1.165, 1.54) is 96.3 Å². The highest BCUT2D eigenvalue weighted by Crippen LogP contribution is 2.14. The second-order valence-corrected chi connectivity index (χ2v) is 7.38. The molecule has 1 nitrogen and oxygen atoms in total. The molecular weight excluding hydrogens is 304 g/mol. The normalized spacial score (nSPS) is 12.7. The van der Waals surface area contributed by atoms with Crippen LogP contribution in [0.4, 0.5) is 0 Å². The van der Waals surface area contributed by atoms with Gasteiger partial charge in [0.15, 0.2) is 0 Å². The quantitative estimate of drug-likeness (QED) is 0.190. The molecule has 0 spiro atoms. The van der Waals surface area contributed by atoms with E-state index in [2.05, 4.69) is 13.3 Å². The lowest BCUT2D eigenvalue weighted by molar-refractivity contribution is 0.196. The van der Waals surface area contributed by atoms with Gasteiger partial charge in [0.2, 0.25) is 0 Å². The molecule has 1 unspecified atom stereocenters. The Hall–Kier alpha value is 0.250. The van der Waals surface area contributed by atoms with Crippen LogP contribution in [0.2, 0.25) is 0 Å². The maximum absolute atomic E-state index is 9.32. The zero-order valence-corrected chi connectivity index (χ0v) is 16.5. The predicted octanol–water partition coefficient (Wildman–Crippen LogP) is 7.44. The average Bonchev–Trinajstić information content (AvgIpc) is 2.57. The summed E-state index contributed by atoms with van der Waals surface area (Å²) in [6, 6.07) is 0. The fourth-order valence-electron chi connectivity index (χ4n) is 3.03. The highest BCUT2D eigenvalue weighted by atomic mass is 35.5. The summed E-state index contributed by atoms with van der Waals surface area (Å²) < 4.78 is 0. The van der Waals surface area contributed by atoms with Gasteiger partial charge in [0.25, 0.3) is 0 Å². The molecule has 0 rings (SSSR count). The Morgan fingerprint density at radius 3 is 1.48 bits per heavy atom. The summed E-state index contributed by atoms with van der Waals surface area (Å²) in [6.07, 6.45) is 24.9. The SMILES string of the molecule is CCCCCCCCCCCCCCCCC[CH]CC(O)CCl. The van der Waals surface area contributed by atoms with Crippen LogP contribution in [0.3, 0.4) is 0 Å². The second-order valence-electron chi connectivity index (χ2n) is 7.07. The van der Waals surface area contributed by atoms with Crippen LogP contribution in [0, 0.1) is 6.42 Å². The molecule has 0 aromatic rings. The van der Waals surface area contributed by atoms with Crippen molar-refractivity contribution in [2.75, 3.05) is 5.88 Å². The van der Waals surface area contributed by atoms with E-state index in [0.29, 0.717) is 5.88 Å². The monoisotopic (exact) mass is 345 g/mol. The highest BCUT2D eigenvalue weighted by molar-refractivity contribution is 6.18. The molecule has 2 heteroatoms. The zero-order valence-electron chi connectivity index (χ0n) is 15.7. The third-order valence-corrected chi connectivity index (χ3v) is 4.98. The fraction of sp³-hybridized carbons (Fsp3) is 0.952. The molecule has 0 saturated heterocycles. The molecule has 0 aliphatic carbocycles. The number of hydrogen-bond acceptors (Lipinski definition) is 1. The third kappa shape index (κ3) is 20.2. The third-order valence-electron chi connectivity index (χ3n) is 4.63. The van der Waals surface area contributed by atoms with Gasteiger partial charge < -0.3 is 5.11 Å². The fourth-order valence-corrected chi connectivity index (χ4v) is 3.16. The number of aliphatic hydroxyl groups is 1. The summed E-state index contributed by atoms with van der Waals surface area (Å²) in [7, 11) is 0. The van der Waals surface area contributed by atoms with E-state index in [4.69, 9.17) is 11.6 Å². The Morgan fingerprint density at radius 1 is 0.696 bits per heavy atom. The largest absolute Gasteiger partial charge is 0.392 e. The Morgan fingerprint density at radius 2 is 1.09 bits per heavy atom. The minimum Gasteiger partial charge on any atom is -0.392 e. The van der Waals surface area contributed by atoms with E-state index < -0.39 is 0 Å². The van der Waals surface area contributed by atoms with Gasteiger partial charge in [0, 0.05) is 5.88 Å². The summed E-state index contributed by atoms with van der Waals surface area (Å²) in [5, 5.41) is 9.32. The molecule has 0 aromatic carbocycles. The molecule has 0 aliphatic rings. The smallest absolute Gasteiger partial charge is 0.0678 e. The lowest BCUT2D eigenvalue weighted by Gasteiger charge is -2.06. The topological polar surface area (TPSA) is 20.2 Å². The van der Waals surface area contributed by atoms with E-state index in [1.54, 1.807) is 0 Å². The summed E-state index contributed by atoms with van der Waals surface area (Å²) in [4.78, 5) is 0. The molecule has 0 heterocycles. The number of alkyl halides is 1. The zero-order chi connectivity index (χ0) is 17.0. The van der Waals surface area contributed by atoms with Crippen LogP contribution < -0.4 is 0 Å². The molecule has 0 aliphatic heterocycles. The lowest BCUT2D eigenvalue weighted by atomic mass is 10.0. The molecule has 1 N–H and O–H groups in total. The van der Waals surface area contributed by atoms with E-state index in [-0.39, 0.29) is 6.10 Å². The summed E-state index contributed by atoms with van der Waals surface area (Å²) in [5.74, 6) is 0.357. The van der Waals surface area contributed by atoms with Crippen molar-refractivity contribution in [2.24, 2.45) is 0 Å². The minimum absolute atomic E-state index is 0.340. The Labute approximate surface area is 151 Å². The molecule has 0 bridgehead atoms. The van der Waals surface area contributed by atoms with E-state index in [9.17, 15) is 5.11 Å². The predicted molar refractivity (Wildman–Crippen MR) is 105 cm³/mol. The minimum atomic E-state index is -0.340. The number of rotatable bonds is 19. The van der Waals surface area contributed by atoms with Crippen molar-refractivity contribution in [3.05, 3.63) is 6.42 Å². The number of hydrogen-bond donors (Lipinski definition) is 1. The van der Waals surface area contributed by atoms with Gasteiger partial charge in [-0.3, -0.25) is 0 Å². The van der Waals surface area contributed by atoms with Crippen molar-refractivity contribution in [3.63, 3.8) is 0 Å². The molecule has 23 heavy (non-hydrogen) atoms. The lowest BCUT2D eigenvalue weighted by Crippen LogP contribution is -2.07. The maximum atomic E-state index is 9.32. The Bertz CT molecular complexity index is 208. The first-order valence-corrected chi connectivity index (χ1v) is 10.9. The summed E-state index contributed by atoms with van der Waals surface area (Å²) in [6.45, 7) is 2.28. The first-order chi connectivity index (χ1) is 11.3. The van der Waals surface area contributed by atoms with Gasteiger partial charge in [0.05, 0.1) is 6.10 Å². The van der Waals surface area contributed by atoms with Crippen LogP contribution in [0.25, 0.3) is 0 Å². The van der Waals surface area contributed by atoms with Crippen molar-refractivity contribution in [1.29, 1.82) is 0 Å². The van der Waals surface area contributed by atoms with Crippen LogP contribution in [-0.2, 0) is 0 Å². The van der Waals surface area contributed by atoms with Crippen molar-refractivity contribution >= 4 is 11.6 Å². The van der Waals surface area contributed by atoms with Crippen LogP contribution in [-0.4, -0.2) is 17.1 Å². The molecular formula is C21H42ClO. The van der Waals surface area contributed by atoms with Crippen molar-refractivity contribution in [2.45, 2.75) is 122 Å². The van der Waals surface area contributed by atoms with Gasteiger partial charge in [-0.25, -0.2) is 0 Å². The van der Waals surface area contributed by atoms with Crippen LogP contribution in [0.15, 0.2) is 0 Å². The van der Waals surface area contributed by atoms with E-state index >= 15 is 0 Å². The van der Waals surface area contributed by atoms with Crippen molar-refractivity contribution < 1.29 is 5.11 Å². The highest BCUT2D eigenvalue weighted by Gasteiger charge is 2.01. The molecule has 0 saturated carbocycles. The summed E-state index contributed by atoms with van der Waals surface area (Å²) in [5.41, 5.74) is 0. The van der Waals surface area contributed by atoms with E-state index in [0.717, 1.165) is 12.8 Å². The average molecular weight is 346 g/mol. The first-order valence-electron chi connectivity index (χ1n) is 10.4. The van der Waals surface area contributed by atoms with Crippen LogP contribution in [0.1, 0.15) is 116 Å². The van der Waals surface area contributed by atoms with Gasteiger partial charge in [-0.05, 0) is 12.8 Å². The number of unbranched alkanes of at least 4 members (excludes halogenated alkanes) is 16. The Balaban J connectivity index is 2.97. The molecule has 1 atom stereocenters. The van der Waals surface area contributed by atoms with Gasteiger partial charge in [-0.1, -0.05) is 110 Å². The van der Waals surface area contributed by atoms with Crippen LogP contribution in [0.5, 0.6) is 0 Å². The molecule has 1 radical (unpaired) electrons. The van der Waals surface area contributed by atoms with Crippen molar-refractivity contribution in [1.82, 2.24) is 0 Å². The van der Waals surface area contributed by atoms with Gasteiger partial charge in [-0.15, -0.1) is 11.6 Å². The van der Waals surface area contributed by atoms with E-state index in [1.807, 2.05) is 0 Å². The second kappa shape index (κ2) is 20.3. The molecule has 139 valence electrons. The number of aliphatic hydroxyl groups excluding tert-OH is 1. The number of halogens is 1. The van der Waals surface area contributed by atoms with Gasteiger partial charge in [-0.2, -0.15) is 0 Å². The van der Waals surface area contributed by atoms with Gasteiger partial charge in [0.1, 0.15) is 0 Å². The first kappa shape index (κ1) is 23.2. The summed E-state index contributed by atoms with van der Waals surface area (Å²) >= 11 is 5.56. The van der Waals surface area contributed by atoms with Crippen molar-refractivity contribution in [3.8, 4) is 0 Å². The van der Waals surface area contributed by atoms with Crippen LogP contribution >= 0.6 is 11.6 Å². The molecule has 0 aromatic heterocycles.